The van der Waals surface area contributed by atoms with E-state index in [9.17, 15) is 23.1 Å². The zero-order chi connectivity index (χ0) is 17.1. The summed E-state index contributed by atoms with van der Waals surface area (Å²) in [5, 5.41) is 15.8. The van der Waals surface area contributed by atoms with Crippen LogP contribution < -0.4 is 5.32 Å². The molecule has 9 heteroatoms. The topological polar surface area (TPSA) is 70.4 Å². The third-order valence-electron chi connectivity index (χ3n) is 2.67. The molecule has 2 N–H and O–H groups in total. The van der Waals surface area contributed by atoms with Crippen LogP contribution in [0.2, 0.25) is 0 Å². The summed E-state index contributed by atoms with van der Waals surface area (Å²) in [6.07, 6.45) is -2.13. The van der Waals surface area contributed by atoms with Crippen molar-refractivity contribution in [3.63, 3.8) is 0 Å². The number of carbonyl (C=O) groups is 1. The van der Waals surface area contributed by atoms with E-state index in [2.05, 4.69) is 10.4 Å². The number of aromatic nitrogens is 2. The van der Waals surface area contributed by atoms with Gasteiger partial charge in [-0.25, -0.2) is 4.79 Å². The Hall–Kier alpha value is -1.77. The lowest BCUT2D eigenvalue weighted by molar-refractivity contribution is -0.142. The van der Waals surface area contributed by atoms with Gasteiger partial charge in [0.25, 0.3) is 0 Å². The Balaban J connectivity index is 2.74. The first-order valence-electron chi connectivity index (χ1n) is 6.76. The molecular formula is C13H21F3N4O2. The van der Waals surface area contributed by atoms with Crippen molar-refractivity contribution >= 4 is 11.7 Å². The summed E-state index contributed by atoms with van der Waals surface area (Å²) in [6.45, 7) is 5.55. The number of nitrogens with one attached hydrogen (secondary N) is 1. The molecule has 0 radical (unpaired) electrons. The molecule has 0 fully saturated rings. The summed E-state index contributed by atoms with van der Waals surface area (Å²) < 4.78 is 37.4. The Morgan fingerprint density at radius 3 is 2.50 bits per heavy atom. The quantitative estimate of drug-likeness (QED) is 0.875. The fourth-order valence-corrected chi connectivity index (χ4v) is 1.80. The van der Waals surface area contributed by atoms with Crippen molar-refractivity contribution in [1.29, 1.82) is 0 Å². The number of anilines is 1. The molecule has 2 amide bonds. The van der Waals surface area contributed by atoms with E-state index < -0.39 is 24.4 Å². The number of aliphatic hydroxyl groups is 1. The van der Waals surface area contributed by atoms with E-state index in [1.807, 2.05) is 0 Å². The predicted molar refractivity (Wildman–Crippen MR) is 75.4 cm³/mol. The monoisotopic (exact) mass is 322 g/mol. The standard InChI is InChI=1S/C13H21F3N4O2/c1-9(2)20(7-12(3,4)22)11(21)18-10-5-17-19(6-10)8-13(14,15)16/h5-6,9,22H,7-8H2,1-4H3,(H,18,21). The Labute approximate surface area is 126 Å². The molecule has 0 aliphatic heterocycles. The second-order valence-corrected chi connectivity index (χ2v) is 6.01. The van der Waals surface area contributed by atoms with Crippen LogP contribution in [-0.2, 0) is 6.54 Å². The van der Waals surface area contributed by atoms with Crippen molar-refractivity contribution in [2.24, 2.45) is 0 Å². The number of amides is 2. The fraction of sp³-hybridized carbons (Fsp3) is 0.692. The smallest absolute Gasteiger partial charge is 0.389 e. The lowest BCUT2D eigenvalue weighted by atomic mass is 10.1. The SMILES string of the molecule is CC(C)N(CC(C)(C)O)C(=O)Nc1cnn(CC(F)(F)F)c1. The first-order chi connectivity index (χ1) is 9.87. The maximum absolute atomic E-state index is 12.2. The van der Waals surface area contributed by atoms with Crippen LogP contribution in [0.25, 0.3) is 0 Å². The summed E-state index contributed by atoms with van der Waals surface area (Å²) in [7, 11) is 0. The Morgan fingerprint density at radius 2 is 2.05 bits per heavy atom. The second kappa shape index (κ2) is 6.55. The minimum absolute atomic E-state index is 0.0905. The van der Waals surface area contributed by atoms with Gasteiger partial charge in [0.2, 0.25) is 0 Å². The van der Waals surface area contributed by atoms with Gasteiger partial charge in [-0.15, -0.1) is 0 Å². The third kappa shape index (κ3) is 6.33. The van der Waals surface area contributed by atoms with E-state index in [0.29, 0.717) is 4.68 Å². The van der Waals surface area contributed by atoms with E-state index in [-0.39, 0.29) is 18.3 Å². The molecule has 0 unspecified atom stereocenters. The summed E-state index contributed by atoms with van der Waals surface area (Å²) in [6, 6.07) is -0.694. The average molecular weight is 322 g/mol. The Kier molecular flexibility index (Phi) is 5.44. The first-order valence-corrected chi connectivity index (χ1v) is 6.76. The number of hydrogen-bond donors (Lipinski definition) is 2. The Bertz CT molecular complexity index is 506. The highest BCUT2D eigenvalue weighted by molar-refractivity contribution is 5.89. The van der Waals surface area contributed by atoms with E-state index in [1.54, 1.807) is 27.7 Å². The van der Waals surface area contributed by atoms with Gasteiger partial charge in [0.15, 0.2) is 0 Å². The van der Waals surface area contributed by atoms with Gasteiger partial charge >= 0.3 is 12.2 Å². The van der Waals surface area contributed by atoms with Crippen LogP contribution in [0.15, 0.2) is 12.4 Å². The maximum atomic E-state index is 12.2. The van der Waals surface area contributed by atoms with Crippen molar-refractivity contribution < 1.29 is 23.1 Å². The number of hydrogen-bond acceptors (Lipinski definition) is 3. The molecule has 0 bridgehead atoms. The zero-order valence-corrected chi connectivity index (χ0v) is 13.0. The molecule has 0 aliphatic carbocycles. The minimum atomic E-state index is -4.38. The highest BCUT2D eigenvalue weighted by Gasteiger charge is 2.29. The number of rotatable bonds is 5. The molecule has 0 atom stereocenters. The van der Waals surface area contributed by atoms with Crippen LogP contribution >= 0.6 is 0 Å². The van der Waals surface area contributed by atoms with Gasteiger partial charge in [0.05, 0.1) is 24.0 Å². The number of carbonyl (C=O) groups excluding carboxylic acids is 1. The molecule has 126 valence electrons. The number of urea groups is 1. The minimum Gasteiger partial charge on any atom is -0.389 e. The lowest BCUT2D eigenvalue weighted by Gasteiger charge is -2.32. The molecular weight excluding hydrogens is 301 g/mol. The molecule has 22 heavy (non-hydrogen) atoms. The number of alkyl halides is 3. The number of halogens is 3. The van der Waals surface area contributed by atoms with Gasteiger partial charge in [-0.05, 0) is 27.7 Å². The molecule has 0 spiro atoms. The van der Waals surface area contributed by atoms with Crippen LogP contribution in [-0.4, -0.2) is 50.2 Å². The first kappa shape index (κ1) is 18.3. The van der Waals surface area contributed by atoms with Gasteiger partial charge < -0.3 is 15.3 Å². The molecule has 0 saturated carbocycles. The summed E-state index contributed by atoms with van der Waals surface area (Å²) >= 11 is 0. The maximum Gasteiger partial charge on any atom is 0.408 e. The van der Waals surface area contributed by atoms with E-state index in [4.69, 9.17) is 0 Å². The van der Waals surface area contributed by atoms with E-state index in [1.165, 1.54) is 4.90 Å². The highest BCUT2D eigenvalue weighted by atomic mass is 19.4. The van der Waals surface area contributed by atoms with Crippen LogP contribution in [0.1, 0.15) is 27.7 Å². The van der Waals surface area contributed by atoms with Crippen LogP contribution in [0.3, 0.4) is 0 Å². The van der Waals surface area contributed by atoms with Gasteiger partial charge in [0, 0.05) is 12.2 Å². The normalized spacial score (nSPS) is 12.6. The molecule has 0 saturated heterocycles. The van der Waals surface area contributed by atoms with E-state index in [0.717, 1.165) is 12.4 Å². The lowest BCUT2D eigenvalue weighted by Crippen LogP contribution is -2.47. The summed E-state index contributed by atoms with van der Waals surface area (Å²) in [5.41, 5.74) is -0.919. The summed E-state index contributed by atoms with van der Waals surface area (Å²) in [4.78, 5) is 13.6. The van der Waals surface area contributed by atoms with Crippen molar-refractivity contribution in [2.45, 2.75) is 52.1 Å². The summed E-state index contributed by atoms with van der Waals surface area (Å²) in [5.74, 6) is 0. The van der Waals surface area contributed by atoms with Gasteiger partial charge in [-0.3, -0.25) is 4.68 Å². The largest absolute Gasteiger partial charge is 0.408 e. The molecule has 1 aromatic heterocycles. The molecule has 0 aliphatic rings. The van der Waals surface area contributed by atoms with Crippen LogP contribution in [0.4, 0.5) is 23.7 Å². The average Bonchev–Trinajstić information content (AvgIpc) is 2.69. The zero-order valence-electron chi connectivity index (χ0n) is 13.0. The van der Waals surface area contributed by atoms with Gasteiger partial charge in [0.1, 0.15) is 6.54 Å². The highest BCUT2D eigenvalue weighted by Crippen LogP contribution is 2.18. The predicted octanol–water partition coefficient (Wildman–Crippen LogP) is 2.46. The van der Waals surface area contributed by atoms with Crippen molar-refractivity contribution in [3.05, 3.63) is 12.4 Å². The van der Waals surface area contributed by atoms with Crippen LogP contribution in [0, 0.1) is 0 Å². The van der Waals surface area contributed by atoms with Gasteiger partial charge in [-0.2, -0.15) is 18.3 Å². The van der Waals surface area contributed by atoms with Crippen LogP contribution in [0.5, 0.6) is 0 Å². The molecule has 6 nitrogen and oxygen atoms in total. The molecule has 1 rings (SSSR count). The number of nitrogens with zero attached hydrogens (tertiary/aromatic N) is 3. The van der Waals surface area contributed by atoms with Gasteiger partial charge in [-0.1, -0.05) is 0 Å². The van der Waals surface area contributed by atoms with Crippen molar-refractivity contribution in [1.82, 2.24) is 14.7 Å². The fourth-order valence-electron chi connectivity index (χ4n) is 1.80. The Morgan fingerprint density at radius 1 is 1.45 bits per heavy atom. The van der Waals surface area contributed by atoms with E-state index >= 15 is 0 Å². The third-order valence-corrected chi connectivity index (χ3v) is 2.67. The molecule has 1 aromatic rings. The van der Waals surface area contributed by atoms with Crippen molar-refractivity contribution in [3.8, 4) is 0 Å². The van der Waals surface area contributed by atoms with Crippen molar-refractivity contribution in [2.75, 3.05) is 11.9 Å². The molecule has 1 heterocycles. The second-order valence-electron chi connectivity index (χ2n) is 6.01. The molecule has 0 aromatic carbocycles.